The van der Waals surface area contributed by atoms with Crippen LogP contribution < -0.4 is 9.30 Å². The summed E-state index contributed by atoms with van der Waals surface area (Å²) in [5, 5.41) is 3.85. The second kappa shape index (κ2) is 6.06. The highest BCUT2D eigenvalue weighted by Crippen LogP contribution is 2.52. The first kappa shape index (κ1) is 17.5. The molecule has 1 fully saturated rings. The van der Waals surface area contributed by atoms with Crippen LogP contribution in [-0.4, -0.2) is 0 Å². The van der Waals surface area contributed by atoms with Gasteiger partial charge in [-0.3, -0.25) is 0 Å². The van der Waals surface area contributed by atoms with Gasteiger partial charge in [-0.1, -0.05) is 25.0 Å². The van der Waals surface area contributed by atoms with Gasteiger partial charge < -0.3 is 4.74 Å². The number of aryl methyl sites for hydroxylation is 3. The van der Waals surface area contributed by atoms with Crippen molar-refractivity contribution < 1.29 is 9.30 Å². The van der Waals surface area contributed by atoms with Gasteiger partial charge in [0.2, 0.25) is 5.75 Å². The van der Waals surface area contributed by atoms with E-state index in [1.54, 1.807) is 0 Å². The average molecular weight is 401 g/mol. The molecule has 3 heteroatoms. The molecule has 1 aliphatic carbocycles. The number of aromatic nitrogens is 1. The zero-order valence-electron chi connectivity index (χ0n) is 17.6. The van der Waals surface area contributed by atoms with E-state index < -0.39 is 0 Å². The van der Waals surface area contributed by atoms with Crippen LogP contribution in [0.5, 0.6) is 11.5 Å². The van der Waals surface area contributed by atoms with Gasteiger partial charge in [0.25, 0.3) is 5.69 Å². The Kier molecular flexibility index (Phi) is 3.65. The molecule has 4 aromatic rings. The maximum atomic E-state index is 6.68. The van der Waals surface area contributed by atoms with E-state index in [4.69, 9.17) is 4.74 Å². The number of pyridine rings is 1. The molecule has 1 aliphatic heterocycles. The van der Waals surface area contributed by atoms with Gasteiger partial charge in [-0.2, -0.15) is 4.57 Å². The minimum Gasteiger partial charge on any atom is -0.448 e. The number of rotatable bonds is 1. The first-order chi connectivity index (χ1) is 14.0. The number of hydrogen-bond donors (Lipinski definition) is 0. The Morgan fingerprint density at radius 3 is 2.59 bits per heavy atom. The molecule has 2 aromatic heterocycles. The maximum Gasteiger partial charge on any atom is 0.257 e. The van der Waals surface area contributed by atoms with Crippen LogP contribution in [0.1, 0.15) is 53.2 Å². The Labute approximate surface area is 175 Å². The van der Waals surface area contributed by atoms with E-state index in [1.807, 2.05) is 11.3 Å². The van der Waals surface area contributed by atoms with E-state index in [9.17, 15) is 0 Å². The third-order valence-electron chi connectivity index (χ3n) is 6.96. The van der Waals surface area contributed by atoms with Gasteiger partial charge in [-0.25, -0.2) is 0 Å². The molecule has 146 valence electrons. The molecular weight excluding hydrogens is 374 g/mol. The maximum absolute atomic E-state index is 6.68. The van der Waals surface area contributed by atoms with Crippen LogP contribution in [0.25, 0.3) is 32.1 Å². The fraction of sp³-hybridized carbons (Fsp3) is 0.346. The van der Waals surface area contributed by atoms with E-state index in [0.29, 0.717) is 0 Å². The number of hydrogen-bond acceptors (Lipinski definition) is 2. The van der Waals surface area contributed by atoms with Gasteiger partial charge in [-0.05, 0) is 73.7 Å². The summed E-state index contributed by atoms with van der Waals surface area (Å²) in [6.45, 7) is 6.64. The smallest absolute Gasteiger partial charge is 0.257 e. The first-order valence-electron chi connectivity index (χ1n) is 10.7. The molecule has 0 atom stereocenters. The normalized spacial score (nSPS) is 15.9. The predicted molar refractivity (Wildman–Crippen MR) is 121 cm³/mol. The fourth-order valence-corrected chi connectivity index (χ4v) is 6.69. The van der Waals surface area contributed by atoms with Gasteiger partial charge in [0, 0.05) is 10.3 Å². The molecular formula is C26H26NOS+. The van der Waals surface area contributed by atoms with Crippen molar-refractivity contribution in [2.75, 3.05) is 0 Å². The number of fused-ring (bicyclic) bond motifs is 4. The lowest BCUT2D eigenvalue weighted by molar-refractivity contribution is -0.659. The lowest BCUT2D eigenvalue weighted by Crippen LogP contribution is -2.32. The van der Waals surface area contributed by atoms with Gasteiger partial charge in [0.15, 0.2) is 6.20 Å². The number of thiophene rings is 1. The van der Waals surface area contributed by atoms with Crippen molar-refractivity contribution in [2.24, 2.45) is 7.05 Å². The van der Waals surface area contributed by atoms with Crippen LogP contribution in [0.4, 0.5) is 0 Å². The quantitative estimate of drug-likeness (QED) is 0.270. The van der Waals surface area contributed by atoms with Crippen molar-refractivity contribution in [3.05, 3.63) is 52.0 Å². The van der Waals surface area contributed by atoms with E-state index in [0.717, 1.165) is 17.4 Å². The second-order valence-corrected chi connectivity index (χ2v) is 10.1. The Bertz CT molecular complexity index is 1320. The molecule has 0 amide bonds. The van der Waals surface area contributed by atoms with Crippen LogP contribution in [0.3, 0.4) is 0 Å². The van der Waals surface area contributed by atoms with E-state index in [2.05, 4.69) is 62.8 Å². The monoisotopic (exact) mass is 400 g/mol. The highest BCUT2D eigenvalue weighted by Gasteiger charge is 2.33. The lowest BCUT2D eigenvalue weighted by Gasteiger charge is -2.22. The molecule has 2 nitrogen and oxygen atoms in total. The molecule has 0 spiro atoms. The number of ether oxygens (including phenoxy) is 1. The highest BCUT2D eigenvalue weighted by molar-refractivity contribution is 7.19. The van der Waals surface area contributed by atoms with Crippen molar-refractivity contribution >= 4 is 32.2 Å². The zero-order valence-corrected chi connectivity index (χ0v) is 18.4. The fourth-order valence-electron chi connectivity index (χ4n) is 5.41. The predicted octanol–water partition coefficient (Wildman–Crippen LogP) is 7.23. The van der Waals surface area contributed by atoms with Crippen LogP contribution in [0.2, 0.25) is 0 Å². The first-order valence-corrected chi connectivity index (χ1v) is 11.5. The number of nitrogens with zero attached hydrogens (tertiary/aromatic N) is 1. The molecule has 2 aliphatic rings. The van der Waals surface area contributed by atoms with Gasteiger partial charge >= 0.3 is 0 Å². The molecule has 29 heavy (non-hydrogen) atoms. The third-order valence-corrected chi connectivity index (χ3v) is 8.27. The second-order valence-electron chi connectivity index (χ2n) is 8.99. The summed E-state index contributed by atoms with van der Waals surface area (Å²) in [4.78, 5) is 1.54. The molecule has 0 radical (unpaired) electrons. The van der Waals surface area contributed by atoms with Gasteiger partial charge in [0.1, 0.15) is 12.8 Å². The Morgan fingerprint density at radius 2 is 1.79 bits per heavy atom. The molecule has 0 unspecified atom stereocenters. The van der Waals surface area contributed by atoms with Crippen molar-refractivity contribution in [2.45, 2.75) is 52.4 Å². The molecule has 3 heterocycles. The molecule has 6 rings (SSSR count). The van der Waals surface area contributed by atoms with Crippen LogP contribution in [0.15, 0.2) is 30.5 Å². The van der Waals surface area contributed by atoms with Crippen molar-refractivity contribution in [3.8, 4) is 22.8 Å². The van der Waals surface area contributed by atoms with Crippen LogP contribution in [-0.2, 0) is 7.05 Å². The lowest BCUT2D eigenvalue weighted by atomic mass is 9.90. The standard InChI is InChI=1S/C26H26NOS/c1-14-9-18-11-15(2)16(3)22-23(18)20(10-14)28-25-24(22)27(4)13-19-12-21(29-26(19)25)17-7-5-6-8-17/h9-13,17H,5-8H2,1-4H3/q+1. The molecule has 0 bridgehead atoms. The van der Waals surface area contributed by atoms with Gasteiger partial charge in [0.05, 0.1) is 15.6 Å². The minimum absolute atomic E-state index is 0.735. The van der Waals surface area contributed by atoms with Crippen LogP contribution in [0, 0.1) is 20.8 Å². The van der Waals surface area contributed by atoms with E-state index >= 15 is 0 Å². The van der Waals surface area contributed by atoms with Gasteiger partial charge in [-0.15, -0.1) is 11.3 Å². The number of benzene rings is 2. The third kappa shape index (κ3) is 2.43. The topological polar surface area (TPSA) is 13.1 Å². The summed E-state index contributed by atoms with van der Waals surface area (Å²) in [6, 6.07) is 9.21. The summed E-state index contributed by atoms with van der Waals surface area (Å²) in [5.41, 5.74) is 6.51. The van der Waals surface area contributed by atoms with Crippen molar-refractivity contribution in [1.29, 1.82) is 0 Å². The molecule has 2 aromatic carbocycles. The molecule has 0 N–H and O–H groups in total. The summed E-state index contributed by atoms with van der Waals surface area (Å²) < 4.78 is 10.3. The highest BCUT2D eigenvalue weighted by atomic mass is 32.1. The van der Waals surface area contributed by atoms with E-state index in [1.165, 1.54) is 79.4 Å². The summed E-state index contributed by atoms with van der Waals surface area (Å²) in [6.07, 6.45) is 7.71. The Balaban J connectivity index is 1.71. The Hall–Kier alpha value is -2.39. The Morgan fingerprint density at radius 1 is 1.00 bits per heavy atom. The summed E-state index contributed by atoms with van der Waals surface area (Å²) >= 11 is 1.96. The van der Waals surface area contributed by atoms with Crippen LogP contribution >= 0.6 is 11.3 Å². The minimum atomic E-state index is 0.735. The average Bonchev–Trinajstić information content (AvgIpc) is 3.34. The zero-order chi connectivity index (χ0) is 19.9. The molecule has 0 saturated heterocycles. The summed E-state index contributed by atoms with van der Waals surface area (Å²) in [5.74, 6) is 2.79. The molecule has 1 saturated carbocycles. The van der Waals surface area contributed by atoms with Crippen molar-refractivity contribution in [1.82, 2.24) is 0 Å². The summed E-state index contributed by atoms with van der Waals surface area (Å²) in [7, 11) is 2.17. The van der Waals surface area contributed by atoms with Crippen molar-refractivity contribution in [3.63, 3.8) is 0 Å². The largest absolute Gasteiger partial charge is 0.448 e. The van der Waals surface area contributed by atoms with E-state index in [-0.39, 0.29) is 0 Å². The SMILES string of the molecule is Cc1cc2c3c(c(C)c(C)cc3c1)-c1c(c3sc(C4CCCC4)cc3c[n+]1C)O2.